The number of carbonyl (C=O) groups is 2. The van der Waals surface area contributed by atoms with E-state index in [0.29, 0.717) is 22.6 Å². The number of thiol groups is 1. The molecule has 19 heavy (non-hydrogen) atoms. The zero-order valence-electron chi connectivity index (χ0n) is 8.63. The maximum Gasteiger partial charge on any atom is 0.442 e. The van der Waals surface area contributed by atoms with Crippen molar-refractivity contribution < 1.29 is 46.1 Å². The molecule has 0 aromatic rings. The van der Waals surface area contributed by atoms with Crippen LogP contribution in [0, 0.1) is 0 Å². The number of hydrogen-bond acceptors (Lipinski definition) is 4. The van der Waals surface area contributed by atoms with Gasteiger partial charge in [0.05, 0.1) is 11.5 Å². The molecule has 0 radical (unpaired) electrons. The van der Waals surface area contributed by atoms with Crippen LogP contribution in [0.5, 0.6) is 0 Å². The van der Waals surface area contributed by atoms with Gasteiger partial charge in [-0.15, -0.1) is 0 Å². The molecule has 0 aromatic heterocycles. The number of thioether (sulfide) groups is 1. The smallest absolute Gasteiger partial charge is 0.442 e. The molecule has 2 N–H and O–H groups in total. The molecule has 0 amide bonds. The first-order valence-electron chi connectivity index (χ1n) is 3.69. The first-order valence-corrected chi connectivity index (χ1v) is 6.39. The lowest BCUT2D eigenvalue weighted by atomic mass is 10.8. The van der Waals surface area contributed by atoms with E-state index in [1.54, 1.807) is 0 Å². The van der Waals surface area contributed by atoms with Gasteiger partial charge in [-0.3, -0.25) is 9.59 Å². The Bertz CT molecular complexity index is 263. The van der Waals surface area contributed by atoms with E-state index in [4.69, 9.17) is 10.2 Å². The standard InChI is InChI=1S/C3H3F3O2S.C2H4O2S.CF3I/c4-3(5,6)9-1-2(7)8;3-2(4)1-5;2-1(3,4)5/h1H2,(H,7,8);5H,1H2,(H,3,4);. The van der Waals surface area contributed by atoms with Gasteiger partial charge in [0.15, 0.2) is 0 Å². The van der Waals surface area contributed by atoms with E-state index in [1.807, 2.05) is 0 Å². The molecule has 0 atom stereocenters. The molecule has 0 aliphatic carbocycles. The van der Waals surface area contributed by atoms with Crippen LogP contribution in [0.2, 0.25) is 0 Å². The predicted octanol–water partition coefficient (Wildman–Crippen LogP) is 3.27. The summed E-state index contributed by atoms with van der Waals surface area (Å²) in [7, 11) is 0. The average Bonchev–Trinajstić information content (AvgIpc) is 2.12. The van der Waals surface area contributed by atoms with Crippen LogP contribution in [0.1, 0.15) is 0 Å². The monoisotopic (exact) mass is 448 g/mol. The topological polar surface area (TPSA) is 74.6 Å². The Hall–Kier alpha value is -0.0500. The van der Waals surface area contributed by atoms with Gasteiger partial charge in [0.1, 0.15) is 0 Å². The van der Waals surface area contributed by atoms with E-state index in [0.717, 1.165) is 0 Å². The lowest BCUT2D eigenvalue weighted by Gasteiger charge is -2.00. The van der Waals surface area contributed by atoms with Crippen molar-refractivity contribution in [3.8, 4) is 0 Å². The molecule has 116 valence electrons. The maximum absolute atomic E-state index is 11.1. The Kier molecular flexibility index (Phi) is 14.8. The van der Waals surface area contributed by atoms with Gasteiger partial charge >= 0.3 is 21.6 Å². The molecule has 0 rings (SSSR count). The Morgan fingerprint density at radius 1 is 1.05 bits per heavy atom. The number of carboxylic acid groups (broad SMARTS) is 2. The largest absolute Gasteiger partial charge is 0.481 e. The number of aliphatic carboxylic acids is 2. The fourth-order valence-corrected chi connectivity index (χ4v) is 0.431. The molecule has 0 unspecified atom stereocenters. The van der Waals surface area contributed by atoms with E-state index in [2.05, 4.69) is 12.6 Å². The molecule has 0 aromatic carbocycles. The third-order valence-corrected chi connectivity index (χ3v) is 1.48. The zero-order chi connectivity index (χ0) is 16.3. The number of hydrogen-bond donors (Lipinski definition) is 3. The minimum absolute atomic E-state index is 0.0833. The molecule has 13 heteroatoms. The van der Waals surface area contributed by atoms with Gasteiger partial charge in [0.25, 0.3) is 0 Å². The molecule has 0 fully saturated rings. The predicted molar refractivity (Wildman–Crippen MR) is 67.7 cm³/mol. The molecule has 4 nitrogen and oxygen atoms in total. The number of alkyl halides is 7. The summed E-state index contributed by atoms with van der Waals surface area (Å²) in [6.45, 7) is 0. The highest BCUT2D eigenvalue weighted by molar-refractivity contribution is 14.1. The third kappa shape index (κ3) is 72.3. The third-order valence-electron chi connectivity index (χ3n) is 0.495. The summed E-state index contributed by atoms with van der Waals surface area (Å²) in [4.78, 5) is 18.8. The van der Waals surface area contributed by atoms with Crippen LogP contribution in [0.25, 0.3) is 0 Å². The van der Waals surface area contributed by atoms with Crippen LogP contribution in [-0.2, 0) is 9.59 Å². The number of carboxylic acids is 2. The van der Waals surface area contributed by atoms with Crippen LogP contribution in [-0.4, -0.2) is 43.3 Å². The highest BCUT2D eigenvalue weighted by Crippen LogP contribution is 2.29. The summed E-state index contributed by atoms with van der Waals surface area (Å²) < 4.78 is 60.3. The molecular weight excluding hydrogens is 441 g/mol. The first-order chi connectivity index (χ1) is 8.19. The summed E-state index contributed by atoms with van der Waals surface area (Å²) in [6, 6.07) is 0. The Morgan fingerprint density at radius 3 is 1.37 bits per heavy atom. The lowest BCUT2D eigenvalue weighted by Crippen LogP contribution is -2.07. The maximum atomic E-state index is 11.1. The lowest BCUT2D eigenvalue weighted by molar-refractivity contribution is -0.135. The van der Waals surface area contributed by atoms with Gasteiger partial charge in [0, 0.05) is 22.6 Å². The highest BCUT2D eigenvalue weighted by Gasteiger charge is 2.28. The van der Waals surface area contributed by atoms with Crippen molar-refractivity contribution in [3.05, 3.63) is 0 Å². The van der Waals surface area contributed by atoms with Crippen molar-refractivity contribution in [3.63, 3.8) is 0 Å². The van der Waals surface area contributed by atoms with Gasteiger partial charge < -0.3 is 10.2 Å². The Balaban J connectivity index is -0.000000219. The van der Waals surface area contributed by atoms with Crippen LogP contribution in [0.4, 0.5) is 26.3 Å². The van der Waals surface area contributed by atoms with E-state index in [9.17, 15) is 35.9 Å². The first kappa shape index (κ1) is 24.0. The summed E-state index contributed by atoms with van der Waals surface area (Å²) in [5.41, 5.74) is -4.43. The second-order valence-corrected chi connectivity index (χ2v) is 4.69. The van der Waals surface area contributed by atoms with Crippen molar-refractivity contribution in [2.24, 2.45) is 0 Å². The highest BCUT2D eigenvalue weighted by atomic mass is 127. The van der Waals surface area contributed by atoms with E-state index < -0.39 is 39.1 Å². The Morgan fingerprint density at radius 2 is 1.32 bits per heavy atom. The Labute approximate surface area is 126 Å². The molecule has 0 aliphatic rings. The second-order valence-electron chi connectivity index (χ2n) is 2.11. The van der Waals surface area contributed by atoms with Gasteiger partial charge in [-0.2, -0.15) is 39.0 Å². The molecule has 0 heterocycles. The van der Waals surface area contributed by atoms with Crippen molar-refractivity contribution >= 4 is 58.9 Å². The normalized spacial score (nSPS) is 10.5. The summed E-state index contributed by atoms with van der Waals surface area (Å²) in [5.74, 6) is -3.35. The van der Waals surface area contributed by atoms with Gasteiger partial charge in [0.2, 0.25) is 0 Å². The summed E-state index contributed by atoms with van der Waals surface area (Å²) in [5, 5.41) is 15.4. The molecular formula is C6H7F6IO4S2. The molecule has 0 aliphatic heterocycles. The van der Waals surface area contributed by atoms with E-state index in [-0.39, 0.29) is 5.75 Å². The molecule has 0 bridgehead atoms. The molecule has 0 spiro atoms. The van der Waals surface area contributed by atoms with Crippen LogP contribution < -0.4 is 0 Å². The van der Waals surface area contributed by atoms with E-state index in [1.165, 1.54) is 0 Å². The quantitative estimate of drug-likeness (QED) is 0.268. The van der Waals surface area contributed by atoms with Crippen LogP contribution >= 0.6 is 47.0 Å². The van der Waals surface area contributed by atoms with Gasteiger partial charge in [-0.1, -0.05) is 0 Å². The van der Waals surface area contributed by atoms with Crippen molar-refractivity contribution in [1.29, 1.82) is 0 Å². The van der Waals surface area contributed by atoms with Gasteiger partial charge in [-0.25, -0.2) is 0 Å². The summed E-state index contributed by atoms with van der Waals surface area (Å²) >= 11 is 3.24. The molecule has 0 saturated carbocycles. The summed E-state index contributed by atoms with van der Waals surface area (Å²) in [6.07, 6.45) is 0. The zero-order valence-corrected chi connectivity index (χ0v) is 12.5. The van der Waals surface area contributed by atoms with Crippen molar-refractivity contribution in [2.45, 2.75) is 9.69 Å². The van der Waals surface area contributed by atoms with E-state index >= 15 is 0 Å². The minimum Gasteiger partial charge on any atom is -0.481 e. The van der Waals surface area contributed by atoms with Crippen LogP contribution in [0.3, 0.4) is 0 Å². The van der Waals surface area contributed by atoms with Crippen LogP contribution in [0.15, 0.2) is 0 Å². The second kappa shape index (κ2) is 11.7. The fraction of sp³-hybridized carbons (Fsp3) is 0.667. The molecule has 0 saturated heterocycles. The fourth-order valence-electron chi connectivity index (χ4n) is 0.144. The number of halogens is 7. The van der Waals surface area contributed by atoms with Crippen molar-refractivity contribution in [1.82, 2.24) is 0 Å². The van der Waals surface area contributed by atoms with Crippen molar-refractivity contribution in [2.75, 3.05) is 11.5 Å². The van der Waals surface area contributed by atoms with Gasteiger partial charge in [-0.05, 0) is 11.8 Å². The average molecular weight is 448 g/mol. The SMILES string of the molecule is FC(F)(F)I.O=C(O)CS.O=C(O)CSC(F)(F)F. The number of rotatable bonds is 3. The minimum atomic E-state index is -4.43.